The van der Waals surface area contributed by atoms with Gasteiger partial charge in [0.15, 0.2) is 17.3 Å². The third kappa shape index (κ3) is 5.76. The molecule has 0 aromatic heterocycles. The van der Waals surface area contributed by atoms with E-state index >= 15 is 0 Å². The summed E-state index contributed by atoms with van der Waals surface area (Å²) < 4.78 is 15.5. The van der Waals surface area contributed by atoms with Crippen LogP contribution in [0.5, 0.6) is 11.5 Å². The molecule has 2 aromatic carbocycles. The maximum absolute atomic E-state index is 13.5. The summed E-state index contributed by atoms with van der Waals surface area (Å²) >= 11 is 6.17. The minimum Gasteiger partial charge on any atom is -0.493 e. The Morgan fingerprint density at radius 1 is 1.06 bits per heavy atom. The van der Waals surface area contributed by atoms with Crippen molar-refractivity contribution in [1.29, 1.82) is 0 Å². The monoisotopic (exact) mass is 457 g/mol. The van der Waals surface area contributed by atoms with Crippen molar-refractivity contribution < 1.29 is 28.6 Å². The molecule has 0 aliphatic rings. The summed E-state index contributed by atoms with van der Waals surface area (Å²) in [7, 11) is 2.90. The number of carbonyl (C=O) groups excluding carboxylic acids is 3. The van der Waals surface area contributed by atoms with Gasteiger partial charge in [-0.1, -0.05) is 23.7 Å². The Morgan fingerprint density at radius 3 is 2.44 bits per heavy atom. The topological polar surface area (TPSA) is 82.1 Å². The number of anilines is 1. The highest BCUT2D eigenvalue weighted by atomic mass is 35.5. The van der Waals surface area contributed by atoms with Crippen molar-refractivity contribution in [2.45, 2.75) is 6.92 Å². The van der Waals surface area contributed by atoms with Crippen molar-refractivity contribution in [3.05, 3.63) is 77.4 Å². The highest BCUT2D eigenvalue weighted by Gasteiger charge is 2.24. The van der Waals surface area contributed by atoms with E-state index in [4.69, 9.17) is 25.8 Å². The van der Waals surface area contributed by atoms with Crippen LogP contribution in [0, 0.1) is 0 Å². The predicted molar refractivity (Wildman–Crippen MR) is 123 cm³/mol. The molecule has 0 bridgehead atoms. The lowest BCUT2D eigenvalue weighted by atomic mass is 9.99. The number of amides is 1. The van der Waals surface area contributed by atoms with Gasteiger partial charge in [0, 0.05) is 29.3 Å². The molecule has 0 spiro atoms. The smallest absolute Gasteiger partial charge is 0.330 e. The Balaban J connectivity index is 2.56. The zero-order chi connectivity index (χ0) is 23.7. The van der Waals surface area contributed by atoms with Crippen LogP contribution in [0.1, 0.15) is 22.8 Å². The van der Waals surface area contributed by atoms with Gasteiger partial charge in [0.05, 0.1) is 32.1 Å². The Bertz CT molecular complexity index is 1050. The number of benzene rings is 2. The van der Waals surface area contributed by atoms with Crippen molar-refractivity contribution in [2.24, 2.45) is 0 Å². The maximum atomic E-state index is 13.5. The molecule has 0 heterocycles. The first-order valence-electron chi connectivity index (χ1n) is 9.70. The lowest BCUT2D eigenvalue weighted by molar-refractivity contribution is -0.137. The summed E-state index contributed by atoms with van der Waals surface area (Å²) in [5.74, 6) is -0.956. The van der Waals surface area contributed by atoms with Crippen LogP contribution in [0.2, 0.25) is 5.02 Å². The van der Waals surface area contributed by atoms with Crippen molar-refractivity contribution in [3.8, 4) is 11.5 Å². The number of para-hydroxylation sites is 1. The van der Waals surface area contributed by atoms with Crippen LogP contribution in [0.3, 0.4) is 0 Å². The quantitative estimate of drug-likeness (QED) is 0.230. The number of rotatable bonds is 10. The molecule has 0 atom stereocenters. The van der Waals surface area contributed by atoms with Crippen molar-refractivity contribution in [3.63, 3.8) is 0 Å². The maximum Gasteiger partial charge on any atom is 0.330 e. The lowest BCUT2D eigenvalue weighted by Crippen LogP contribution is -2.31. The molecule has 0 radical (unpaired) electrons. The van der Waals surface area contributed by atoms with Crippen molar-refractivity contribution >= 4 is 34.9 Å². The fourth-order valence-electron chi connectivity index (χ4n) is 2.99. The van der Waals surface area contributed by atoms with Gasteiger partial charge in [-0.2, -0.15) is 0 Å². The number of carbonyl (C=O) groups is 3. The van der Waals surface area contributed by atoms with Crippen LogP contribution in [-0.4, -0.2) is 45.0 Å². The van der Waals surface area contributed by atoms with Crippen LogP contribution >= 0.6 is 11.6 Å². The van der Waals surface area contributed by atoms with Crippen molar-refractivity contribution in [2.75, 3.05) is 32.3 Å². The Hall–Kier alpha value is -3.58. The van der Waals surface area contributed by atoms with Crippen LogP contribution in [0.4, 0.5) is 5.69 Å². The Kier molecular flexibility index (Phi) is 9.04. The molecule has 0 aliphatic carbocycles. The Morgan fingerprint density at radius 2 is 1.81 bits per heavy atom. The highest BCUT2D eigenvalue weighted by molar-refractivity contribution is 6.31. The largest absolute Gasteiger partial charge is 0.493 e. The van der Waals surface area contributed by atoms with Gasteiger partial charge in [-0.05, 0) is 37.3 Å². The zero-order valence-corrected chi connectivity index (χ0v) is 18.8. The normalized spacial score (nSPS) is 10.5. The molecule has 7 nitrogen and oxygen atoms in total. The summed E-state index contributed by atoms with van der Waals surface area (Å²) in [6.45, 7) is 5.61. The summed E-state index contributed by atoms with van der Waals surface area (Å²) in [6, 6.07) is 9.51. The van der Waals surface area contributed by atoms with Gasteiger partial charge in [0.25, 0.3) is 5.91 Å². The second kappa shape index (κ2) is 11.7. The molecule has 0 aliphatic heterocycles. The number of nitrogens with zero attached hydrogens (tertiary/aromatic N) is 1. The van der Waals surface area contributed by atoms with Crippen molar-refractivity contribution in [1.82, 2.24) is 0 Å². The summed E-state index contributed by atoms with van der Waals surface area (Å²) in [6.07, 6.45) is 3.62. The molecule has 8 heteroatoms. The van der Waals surface area contributed by atoms with E-state index in [0.717, 1.165) is 12.2 Å². The SMILES string of the molecule is C=CCN(C(=O)/C=C/C(=O)OCC)c1ccc(Cl)cc1C(=O)c1cccc(OC)c1OC. The molecule has 0 unspecified atom stereocenters. The van der Waals surface area contributed by atoms with Gasteiger partial charge in [-0.15, -0.1) is 6.58 Å². The number of esters is 1. The van der Waals surface area contributed by atoms with E-state index < -0.39 is 17.7 Å². The highest BCUT2D eigenvalue weighted by Crippen LogP contribution is 2.35. The first-order valence-corrected chi connectivity index (χ1v) is 10.1. The van der Waals surface area contributed by atoms with E-state index in [1.54, 1.807) is 37.3 Å². The number of methoxy groups -OCH3 is 2. The van der Waals surface area contributed by atoms with E-state index in [2.05, 4.69) is 6.58 Å². The van der Waals surface area contributed by atoms with Gasteiger partial charge >= 0.3 is 5.97 Å². The van der Waals surface area contributed by atoms with Crippen LogP contribution in [-0.2, 0) is 14.3 Å². The number of ketones is 1. The number of hydrogen-bond acceptors (Lipinski definition) is 6. The number of ether oxygens (including phenoxy) is 3. The molecule has 1 amide bonds. The minimum atomic E-state index is -0.645. The second-order valence-corrected chi connectivity index (χ2v) is 6.79. The Labute approximate surface area is 191 Å². The molecule has 168 valence electrons. The first kappa shape index (κ1) is 24.7. The van der Waals surface area contributed by atoms with E-state index in [9.17, 15) is 14.4 Å². The summed E-state index contributed by atoms with van der Waals surface area (Å²) in [5.41, 5.74) is 0.704. The predicted octanol–water partition coefficient (Wildman–Crippen LogP) is 4.23. The second-order valence-electron chi connectivity index (χ2n) is 6.35. The average molecular weight is 458 g/mol. The zero-order valence-electron chi connectivity index (χ0n) is 18.1. The van der Waals surface area contributed by atoms with Gasteiger partial charge in [-0.3, -0.25) is 9.59 Å². The van der Waals surface area contributed by atoms with Crippen LogP contribution in [0.15, 0.2) is 61.2 Å². The molecular formula is C24H24ClNO6. The van der Waals surface area contributed by atoms with Crippen LogP contribution in [0.25, 0.3) is 0 Å². The van der Waals surface area contributed by atoms with E-state index in [1.807, 2.05) is 0 Å². The van der Waals surface area contributed by atoms with E-state index in [-0.39, 0.29) is 30.0 Å². The number of halogens is 1. The van der Waals surface area contributed by atoms with Gasteiger partial charge in [0.1, 0.15) is 0 Å². The van der Waals surface area contributed by atoms with E-state index in [0.29, 0.717) is 16.5 Å². The van der Waals surface area contributed by atoms with Gasteiger partial charge in [-0.25, -0.2) is 4.79 Å². The summed E-state index contributed by atoms with van der Waals surface area (Å²) in [5, 5.41) is 0.312. The average Bonchev–Trinajstić information content (AvgIpc) is 2.80. The molecule has 0 fully saturated rings. The molecule has 0 saturated carbocycles. The molecule has 2 rings (SSSR count). The molecule has 32 heavy (non-hydrogen) atoms. The van der Waals surface area contributed by atoms with Gasteiger partial charge < -0.3 is 19.1 Å². The number of hydrogen-bond donors (Lipinski definition) is 0. The molecule has 0 saturated heterocycles. The summed E-state index contributed by atoms with van der Waals surface area (Å²) in [4.78, 5) is 39.3. The minimum absolute atomic E-state index is 0.0865. The third-order valence-corrected chi connectivity index (χ3v) is 4.60. The molecular weight excluding hydrogens is 434 g/mol. The fraction of sp³-hybridized carbons (Fsp3) is 0.208. The molecule has 2 aromatic rings. The van der Waals surface area contributed by atoms with Crippen LogP contribution < -0.4 is 14.4 Å². The van der Waals surface area contributed by atoms with E-state index in [1.165, 1.54) is 31.3 Å². The standard InChI is InChI=1S/C24H24ClNO6/c1-5-14-26(21(27)12-13-22(28)32-6-2)19-11-10-16(25)15-18(19)23(29)17-8-7-9-20(30-3)24(17)31-4/h5,7-13,15H,1,6,14H2,2-4H3/b13-12+. The molecule has 0 N–H and O–H groups in total. The third-order valence-electron chi connectivity index (χ3n) is 4.37. The lowest BCUT2D eigenvalue weighted by Gasteiger charge is -2.23. The first-order chi connectivity index (χ1) is 15.4. The fourth-order valence-corrected chi connectivity index (χ4v) is 3.16. The van der Waals surface area contributed by atoms with Gasteiger partial charge in [0.2, 0.25) is 0 Å².